The first-order valence-electron chi connectivity index (χ1n) is 3.39. The first kappa shape index (κ1) is 10.7. The van der Waals surface area contributed by atoms with Crippen LogP contribution in [0.15, 0.2) is 12.4 Å². The fourth-order valence-electron chi connectivity index (χ4n) is 0.605. The van der Waals surface area contributed by atoms with Crippen molar-refractivity contribution in [2.75, 3.05) is 6.26 Å². The number of rotatable bonds is 2. The molecule has 0 spiro atoms. The molecule has 1 rings (SSSR count). The molecule has 1 aromatic rings. The summed E-state index contributed by atoms with van der Waals surface area (Å²) >= 11 is 11.8. The van der Waals surface area contributed by atoms with Gasteiger partial charge in [-0.3, -0.25) is 4.98 Å². The van der Waals surface area contributed by atoms with Crippen LogP contribution in [0, 0.1) is 0 Å². The van der Waals surface area contributed by atoms with Crippen molar-refractivity contribution in [1.29, 1.82) is 0 Å². The van der Waals surface area contributed by atoms with Gasteiger partial charge in [0.1, 0.15) is 11.8 Å². The van der Waals surface area contributed by atoms with Gasteiger partial charge in [0.15, 0.2) is 0 Å². The molecule has 0 aliphatic carbocycles. The largest absolute Gasteiger partial charge is 0.472 e. The van der Waals surface area contributed by atoms with E-state index >= 15 is 0 Å². The molecule has 0 saturated carbocycles. The number of hydrogen-bond donors (Lipinski definition) is 0. The Morgan fingerprint density at radius 3 is 2.92 bits per heavy atom. The first-order valence-corrected chi connectivity index (χ1v) is 5.40. The smallest absolute Gasteiger partial charge is 0.220 e. The Labute approximate surface area is 90.9 Å². The molecule has 0 bridgehead atoms. The summed E-state index contributed by atoms with van der Waals surface area (Å²) in [5, 5.41) is 0.371. The minimum atomic E-state index is 0.337. The van der Waals surface area contributed by atoms with Crippen LogP contribution < -0.4 is 0 Å². The van der Waals surface area contributed by atoms with E-state index in [2.05, 4.69) is 9.97 Å². The monoisotopic (exact) mass is 234 g/mol. The second kappa shape index (κ2) is 5.36. The molecule has 0 aliphatic rings. The van der Waals surface area contributed by atoms with Gasteiger partial charge in [-0.05, 0) is 18.5 Å². The highest BCUT2D eigenvalue weighted by molar-refractivity contribution is 8.22. The lowest BCUT2D eigenvalue weighted by molar-refractivity contribution is 0.304. The van der Waals surface area contributed by atoms with Crippen LogP contribution in [-0.2, 0) is 11.3 Å². The van der Waals surface area contributed by atoms with Gasteiger partial charge in [0.25, 0.3) is 0 Å². The fraction of sp³-hybridized carbons (Fsp3) is 0.286. The summed E-state index contributed by atoms with van der Waals surface area (Å²) in [6.45, 7) is 0.337. The lowest BCUT2D eigenvalue weighted by Gasteiger charge is -2.03. The first-order chi connectivity index (χ1) is 6.22. The van der Waals surface area contributed by atoms with Crippen molar-refractivity contribution >= 4 is 40.0 Å². The molecule has 1 aromatic heterocycles. The molecule has 0 amide bonds. The van der Waals surface area contributed by atoms with Crippen LogP contribution >= 0.6 is 35.6 Å². The highest BCUT2D eigenvalue weighted by Gasteiger charge is 1.98. The van der Waals surface area contributed by atoms with Gasteiger partial charge in [-0.1, -0.05) is 23.4 Å². The van der Waals surface area contributed by atoms with Gasteiger partial charge in [0.05, 0.1) is 18.1 Å². The molecular weight excluding hydrogens is 228 g/mol. The van der Waals surface area contributed by atoms with Gasteiger partial charge in [-0.25, -0.2) is 4.98 Å². The number of thiocarbonyl (C=S) groups is 1. The molecule has 0 aromatic carbocycles. The maximum atomic E-state index is 5.56. The Bertz CT molecular complexity index is 291. The zero-order valence-electron chi connectivity index (χ0n) is 6.86. The van der Waals surface area contributed by atoms with E-state index in [0.717, 1.165) is 0 Å². The van der Waals surface area contributed by atoms with E-state index in [1.54, 1.807) is 6.20 Å². The zero-order chi connectivity index (χ0) is 9.68. The van der Waals surface area contributed by atoms with Crippen molar-refractivity contribution in [3.05, 3.63) is 23.2 Å². The lowest BCUT2D eigenvalue weighted by Crippen LogP contribution is -1.99. The molecule has 0 fully saturated rings. The SMILES string of the molecule is CSC(=S)OCc1cnc(Cl)cn1. The fourth-order valence-corrected chi connectivity index (χ4v) is 0.939. The van der Waals surface area contributed by atoms with Gasteiger partial charge in [0, 0.05) is 0 Å². The van der Waals surface area contributed by atoms with E-state index in [9.17, 15) is 0 Å². The third-order valence-electron chi connectivity index (χ3n) is 1.18. The summed E-state index contributed by atoms with van der Waals surface area (Å²) in [4.78, 5) is 7.85. The molecule has 0 saturated heterocycles. The molecule has 0 unspecified atom stereocenters. The normalized spacial score (nSPS) is 9.69. The summed E-state index contributed by atoms with van der Waals surface area (Å²) in [7, 11) is 0. The lowest BCUT2D eigenvalue weighted by atomic mass is 10.5. The second-order valence-electron chi connectivity index (χ2n) is 2.07. The van der Waals surface area contributed by atoms with Crippen molar-refractivity contribution in [3.8, 4) is 0 Å². The Morgan fingerprint density at radius 1 is 1.62 bits per heavy atom. The van der Waals surface area contributed by atoms with Crippen molar-refractivity contribution in [2.45, 2.75) is 6.61 Å². The maximum absolute atomic E-state index is 5.56. The van der Waals surface area contributed by atoms with Gasteiger partial charge < -0.3 is 4.74 Å². The second-order valence-corrected chi connectivity index (χ2v) is 3.87. The molecule has 0 N–H and O–H groups in total. The minimum Gasteiger partial charge on any atom is -0.472 e. The Balaban J connectivity index is 2.46. The highest BCUT2D eigenvalue weighted by Crippen LogP contribution is 2.05. The molecule has 0 radical (unpaired) electrons. The van der Waals surface area contributed by atoms with E-state index in [-0.39, 0.29) is 0 Å². The summed E-state index contributed by atoms with van der Waals surface area (Å²) in [5.74, 6) is 0. The third kappa shape index (κ3) is 3.89. The minimum absolute atomic E-state index is 0.337. The van der Waals surface area contributed by atoms with Crippen LogP contribution in [0.3, 0.4) is 0 Å². The number of thioether (sulfide) groups is 1. The van der Waals surface area contributed by atoms with Gasteiger partial charge in [-0.2, -0.15) is 0 Å². The highest BCUT2D eigenvalue weighted by atomic mass is 35.5. The average Bonchev–Trinajstić information content (AvgIpc) is 2.16. The number of hydrogen-bond acceptors (Lipinski definition) is 5. The van der Waals surface area contributed by atoms with E-state index in [1.807, 2.05) is 6.26 Å². The summed E-state index contributed by atoms with van der Waals surface area (Å²) in [6, 6.07) is 0. The van der Waals surface area contributed by atoms with Crippen molar-refractivity contribution < 1.29 is 4.74 Å². The molecule has 1 heterocycles. The predicted molar refractivity (Wildman–Crippen MR) is 57.9 cm³/mol. The van der Waals surface area contributed by atoms with Crippen LogP contribution in [0.25, 0.3) is 0 Å². The van der Waals surface area contributed by atoms with Crippen LogP contribution in [0.1, 0.15) is 5.69 Å². The van der Waals surface area contributed by atoms with Crippen LogP contribution in [0.2, 0.25) is 5.15 Å². The summed E-state index contributed by atoms with van der Waals surface area (Å²) in [6.07, 6.45) is 4.89. The van der Waals surface area contributed by atoms with Crippen LogP contribution in [0.5, 0.6) is 0 Å². The van der Waals surface area contributed by atoms with Gasteiger partial charge >= 0.3 is 0 Å². The van der Waals surface area contributed by atoms with Crippen molar-refractivity contribution in [3.63, 3.8) is 0 Å². The molecule has 3 nitrogen and oxygen atoms in total. The van der Waals surface area contributed by atoms with Crippen molar-refractivity contribution in [1.82, 2.24) is 9.97 Å². The average molecular weight is 235 g/mol. The Morgan fingerprint density at radius 2 is 2.38 bits per heavy atom. The number of aromatic nitrogens is 2. The topological polar surface area (TPSA) is 35.0 Å². The molecule has 0 aliphatic heterocycles. The van der Waals surface area contributed by atoms with E-state index in [4.69, 9.17) is 28.6 Å². The molecular formula is C7H7ClN2OS2. The maximum Gasteiger partial charge on any atom is 0.220 e. The summed E-state index contributed by atoms with van der Waals surface area (Å²) < 4.78 is 5.66. The molecule has 6 heteroatoms. The third-order valence-corrected chi connectivity index (χ3v) is 2.44. The van der Waals surface area contributed by atoms with Crippen LogP contribution in [-0.4, -0.2) is 20.6 Å². The number of halogens is 1. The van der Waals surface area contributed by atoms with Crippen LogP contribution in [0.4, 0.5) is 0 Å². The van der Waals surface area contributed by atoms with E-state index < -0.39 is 0 Å². The van der Waals surface area contributed by atoms with Gasteiger partial charge in [-0.15, -0.1) is 0 Å². The Hall–Kier alpha value is -0.390. The van der Waals surface area contributed by atoms with E-state index in [1.165, 1.54) is 18.0 Å². The predicted octanol–water partition coefficient (Wildman–Crippen LogP) is 2.29. The quantitative estimate of drug-likeness (QED) is 0.734. The zero-order valence-corrected chi connectivity index (χ0v) is 9.25. The number of ether oxygens (including phenoxy) is 1. The molecule has 70 valence electrons. The molecule has 13 heavy (non-hydrogen) atoms. The Kier molecular flexibility index (Phi) is 4.41. The van der Waals surface area contributed by atoms with Gasteiger partial charge in [0.2, 0.25) is 4.38 Å². The van der Waals surface area contributed by atoms with E-state index in [0.29, 0.717) is 21.8 Å². The standard InChI is InChI=1S/C7H7ClN2OS2/c1-13-7(12)11-4-5-2-10-6(8)3-9-5/h2-3H,4H2,1H3. The molecule has 0 atom stereocenters. The van der Waals surface area contributed by atoms with Crippen molar-refractivity contribution in [2.24, 2.45) is 0 Å². The number of nitrogens with zero attached hydrogens (tertiary/aromatic N) is 2. The summed E-state index contributed by atoms with van der Waals surface area (Å²) in [5.41, 5.74) is 0.709.